The third kappa shape index (κ3) is 4.30. The van der Waals surface area contributed by atoms with Gasteiger partial charge in [0.05, 0.1) is 5.56 Å². The number of benzene rings is 2. The minimum atomic E-state index is -4.49. The molecule has 0 bridgehead atoms. The lowest BCUT2D eigenvalue weighted by Gasteiger charge is -2.07. The lowest BCUT2D eigenvalue weighted by Crippen LogP contribution is -2.04. The third-order valence-electron chi connectivity index (χ3n) is 3.95. The largest absolute Gasteiger partial charge is 0.439 e. The fourth-order valence-electron chi connectivity index (χ4n) is 2.67. The summed E-state index contributed by atoms with van der Waals surface area (Å²) in [5, 5.41) is 2.91. The summed E-state index contributed by atoms with van der Waals surface area (Å²) in [5.41, 5.74) is 6.34. The number of hydrogen-bond donors (Lipinski definition) is 2. The molecular weight excluding hydrogens is 467 g/mol. The molecule has 0 aliphatic heterocycles. The fourth-order valence-corrected chi connectivity index (χ4v) is 3.20. The van der Waals surface area contributed by atoms with Crippen LogP contribution in [0.5, 0.6) is 11.6 Å². The van der Waals surface area contributed by atoms with Crippen molar-refractivity contribution in [3.05, 3.63) is 58.2 Å². The van der Waals surface area contributed by atoms with Gasteiger partial charge in [-0.3, -0.25) is 0 Å². The summed E-state index contributed by atoms with van der Waals surface area (Å²) in [6, 6.07) is 10.3. The van der Waals surface area contributed by atoms with Crippen LogP contribution in [-0.4, -0.2) is 15.0 Å². The quantitative estimate of drug-likeness (QED) is 0.380. The van der Waals surface area contributed by atoms with Gasteiger partial charge in [-0.15, -0.1) is 0 Å². The van der Waals surface area contributed by atoms with Crippen molar-refractivity contribution < 1.29 is 22.3 Å². The maximum absolute atomic E-state index is 13.0. The summed E-state index contributed by atoms with van der Waals surface area (Å²) in [6.45, 7) is 1.77. The van der Waals surface area contributed by atoms with Crippen molar-refractivity contribution in [2.24, 2.45) is 0 Å². The number of rotatable bonds is 4. The number of halogens is 4. The van der Waals surface area contributed by atoms with Crippen molar-refractivity contribution in [3.63, 3.8) is 0 Å². The molecule has 0 spiro atoms. The monoisotopic (exact) mass is 479 g/mol. The number of nitrogens with two attached hydrogens (primary N) is 1. The Labute approximate surface area is 176 Å². The lowest BCUT2D eigenvalue weighted by atomic mass is 10.2. The van der Waals surface area contributed by atoms with Gasteiger partial charge in [-0.1, -0.05) is 0 Å². The van der Waals surface area contributed by atoms with E-state index in [4.69, 9.17) is 14.9 Å². The molecule has 30 heavy (non-hydrogen) atoms. The molecule has 3 N–H and O–H groups in total. The molecule has 0 amide bonds. The average molecular weight is 480 g/mol. The number of oxazole rings is 1. The topological polar surface area (TPSA) is 99.1 Å². The van der Waals surface area contributed by atoms with Gasteiger partial charge in [0.2, 0.25) is 11.8 Å². The summed E-state index contributed by atoms with van der Waals surface area (Å²) in [4.78, 5) is 12.2. The first-order valence-electron chi connectivity index (χ1n) is 8.51. The molecule has 0 atom stereocenters. The van der Waals surface area contributed by atoms with Gasteiger partial charge in [0, 0.05) is 21.9 Å². The van der Waals surface area contributed by atoms with Gasteiger partial charge < -0.3 is 20.2 Å². The van der Waals surface area contributed by atoms with Gasteiger partial charge in [-0.2, -0.15) is 23.1 Å². The van der Waals surface area contributed by atoms with Crippen LogP contribution in [0.3, 0.4) is 0 Å². The Balaban J connectivity index is 1.53. The number of fused-ring (bicyclic) bond motifs is 1. The van der Waals surface area contributed by atoms with Crippen LogP contribution < -0.4 is 15.8 Å². The van der Waals surface area contributed by atoms with E-state index in [0.29, 0.717) is 23.0 Å². The van der Waals surface area contributed by atoms with E-state index in [0.717, 1.165) is 12.1 Å². The molecule has 4 aromatic rings. The molecule has 0 aliphatic rings. The summed E-state index contributed by atoms with van der Waals surface area (Å²) in [6.07, 6.45) is -4.49. The van der Waals surface area contributed by atoms with E-state index in [9.17, 15) is 13.2 Å². The van der Waals surface area contributed by atoms with Crippen LogP contribution in [0.4, 0.5) is 30.8 Å². The highest BCUT2D eigenvalue weighted by Crippen LogP contribution is 2.36. The van der Waals surface area contributed by atoms with Crippen LogP contribution in [-0.2, 0) is 6.18 Å². The molecule has 0 saturated carbocycles. The molecule has 0 aliphatic carbocycles. The first kappa shape index (κ1) is 20.0. The van der Waals surface area contributed by atoms with Gasteiger partial charge in [0.1, 0.15) is 11.3 Å². The predicted octanol–water partition coefficient (Wildman–Crippen LogP) is 5.83. The van der Waals surface area contributed by atoms with E-state index in [1.165, 1.54) is 0 Å². The highest BCUT2D eigenvalue weighted by atomic mass is 79.9. The number of aryl methyl sites for hydroxylation is 1. The molecule has 0 radical (unpaired) electrons. The number of nitrogens with one attached hydrogen (secondary N) is 1. The van der Waals surface area contributed by atoms with Crippen molar-refractivity contribution in [2.45, 2.75) is 13.1 Å². The zero-order valence-electron chi connectivity index (χ0n) is 15.3. The lowest BCUT2D eigenvalue weighted by molar-refractivity contribution is -0.137. The maximum atomic E-state index is 13.0. The van der Waals surface area contributed by atoms with Crippen molar-refractivity contribution in [1.82, 2.24) is 15.0 Å². The molecule has 2 aromatic carbocycles. The second kappa shape index (κ2) is 7.48. The van der Waals surface area contributed by atoms with Crippen LogP contribution in [0.1, 0.15) is 11.3 Å². The van der Waals surface area contributed by atoms with E-state index in [1.54, 1.807) is 37.3 Å². The summed E-state index contributed by atoms with van der Waals surface area (Å²) >= 11 is 3.10. The second-order valence-corrected chi connectivity index (χ2v) is 7.13. The number of anilines is 3. The number of aromatic nitrogens is 3. The summed E-state index contributed by atoms with van der Waals surface area (Å²) < 4.78 is 50.1. The summed E-state index contributed by atoms with van der Waals surface area (Å²) in [5.74, 6) is 0.928. The smallest absolute Gasteiger partial charge is 0.416 e. The van der Waals surface area contributed by atoms with Gasteiger partial charge in [-0.25, -0.2) is 4.98 Å². The van der Waals surface area contributed by atoms with Crippen LogP contribution in [0.15, 0.2) is 51.4 Å². The van der Waals surface area contributed by atoms with Crippen molar-refractivity contribution >= 4 is 44.7 Å². The average Bonchev–Trinajstić information content (AvgIpc) is 3.05. The minimum Gasteiger partial charge on any atom is -0.439 e. The number of nitrogens with zero attached hydrogens (tertiary/aromatic N) is 3. The standard InChI is InChI=1S/C19H13BrF3N5O2/c1-9-6-15(27-17(24)25-9)29-12-4-2-11(3-5-12)26-18-28-16-13(20)7-10(19(21,22)23)8-14(16)30-18/h2-8H,1H3,(H,26,28)(H2,24,25,27). The predicted molar refractivity (Wildman–Crippen MR) is 108 cm³/mol. The van der Waals surface area contributed by atoms with Crippen LogP contribution in [0.2, 0.25) is 0 Å². The number of hydrogen-bond acceptors (Lipinski definition) is 7. The van der Waals surface area contributed by atoms with Crippen molar-refractivity contribution in [3.8, 4) is 11.6 Å². The molecule has 2 aromatic heterocycles. The molecular formula is C19H13BrF3N5O2. The summed E-state index contributed by atoms with van der Waals surface area (Å²) in [7, 11) is 0. The molecule has 2 heterocycles. The van der Waals surface area contributed by atoms with Gasteiger partial charge in [-0.05, 0) is 59.3 Å². The Morgan fingerprint density at radius 1 is 1.07 bits per heavy atom. The Kier molecular flexibility index (Phi) is 4.98. The Morgan fingerprint density at radius 2 is 1.80 bits per heavy atom. The molecule has 0 fully saturated rings. The second-order valence-electron chi connectivity index (χ2n) is 6.28. The van der Waals surface area contributed by atoms with E-state index in [-0.39, 0.29) is 27.5 Å². The van der Waals surface area contributed by atoms with Crippen molar-refractivity contribution in [1.29, 1.82) is 0 Å². The van der Waals surface area contributed by atoms with Gasteiger partial charge in [0.25, 0.3) is 6.01 Å². The Morgan fingerprint density at radius 3 is 2.47 bits per heavy atom. The van der Waals surface area contributed by atoms with Crippen LogP contribution in [0, 0.1) is 6.92 Å². The molecule has 154 valence electrons. The molecule has 7 nitrogen and oxygen atoms in total. The number of alkyl halides is 3. The molecule has 11 heteroatoms. The maximum Gasteiger partial charge on any atom is 0.416 e. The van der Waals surface area contributed by atoms with Gasteiger partial charge >= 0.3 is 6.18 Å². The number of nitrogen functional groups attached to an aromatic ring is 1. The van der Waals surface area contributed by atoms with Crippen LogP contribution >= 0.6 is 15.9 Å². The zero-order valence-corrected chi connectivity index (χ0v) is 16.9. The Bertz CT molecular complexity index is 1210. The third-order valence-corrected chi connectivity index (χ3v) is 4.56. The normalized spacial score (nSPS) is 11.6. The van der Waals surface area contributed by atoms with Crippen LogP contribution in [0.25, 0.3) is 11.1 Å². The first-order valence-corrected chi connectivity index (χ1v) is 9.30. The number of ether oxygens (including phenoxy) is 1. The van der Waals surface area contributed by atoms with E-state index >= 15 is 0 Å². The minimum absolute atomic E-state index is 0.0101. The molecule has 0 saturated heterocycles. The molecule has 0 unspecified atom stereocenters. The van der Waals surface area contributed by atoms with Crippen molar-refractivity contribution in [2.75, 3.05) is 11.1 Å². The fraction of sp³-hybridized carbons (Fsp3) is 0.105. The highest BCUT2D eigenvalue weighted by molar-refractivity contribution is 9.10. The highest BCUT2D eigenvalue weighted by Gasteiger charge is 2.32. The Hall–Kier alpha value is -3.34. The van der Waals surface area contributed by atoms with E-state index < -0.39 is 11.7 Å². The first-order chi connectivity index (χ1) is 14.2. The SMILES string of the molecule is Cc1cc(Oc2ccc(Nc3nc4c(Br)cc(C(F)(F)F)cc4o3)cc2)nc(N)n1. The van der Waals surface area contributed by atoms with E-state index in [1.807, 2.05) is 0 Å². The van der Waals surface area contributed by atoms with E-state index in [2.05, 4.69) is 36.2 Å². The van der Waals surface area contributed by atoms with Gasteiger partial charge in [0.15, 0.2) is 5.58 Å². The zero-order chi connectivity index (χ0) is 21.5. The molecule has 4 rings (SSSR count).